The maximum absolute atomic E-state index is 13.5. The molecule has 1 rings (SSSR count). The second-order valence-electron chi connectivity index (χ2n) is 11.9. The Morgan fingerprint density at radius 2 is 1.54 bits per heavy atom. The Hall–Kier alpha value is -3.27. The van der Waals surface area contributed by atoms with Crippen LogP contribution >= 0.6 is 0 Å². The molecule has 0 bridgehead atoms. The second kappa shape index (κ2) is 24.0. The standard InChI is InChI=1S/C36H56FNO8/c1-4-6-7-10-13-17-29(39)18-14-11-8-9-12-15-19-31(36(44,24-5-2)35(42)43)33(40)38-32(34(41)45-3)27-28-20-22-30(23-21-28)46-26-16-25-37/h15,19-23,31-32,44H,4-14,16-18,24-27H2,1-3H3,(H,38,40)(H,42,43)/t31-,32+,36+/m1/s1. The number of hydrogen-bond acceptors (Lipinski definition) is 7. The summed E-state index contributed by atoms with van der Waals surface area (Å²) in [5.74, 6) is -3.64. The summed E-state index contributed by atoms with van der Waals surface area (Å²) >= 11 is 0. The molecular formula is C36H56FNO8. The molecule has 46 heavy (non-hydrogen) atoms. The van der Waals surface area contributed by atoms with E-state index in [1.54, 1.807) is 37.3 Å². The predicted octanol–water partition coefficient (Wildman–Crippen LogP) is 6.68. The molecule has 0 unspecified atom stereocenters. The Bertz CT molecular complexity index is 1060. The van der Waals surface area contributed by atoms with E-state index in [1.165, 1.54) is 32.4 Å². The van der Waals surface area contributed by atoms with Crippen molar-refractivity contribution >= 4 is 23.6 Å². The van der Waals surface area contributed by atoms with Crippen LogP contribution < -0.4 is 10.1 Å². The molecule has 0 saturated heterocycles. The summed E-state index contributed by atoms with van der Waals surface area (Å²) in [5, 5.41) is 23.7. The quantitative estimate of drug-likeness (QED) is 0.0545. The number of carboxylic acids is 1. The fourth-order valence-corrected chi connectivity index (χ4v) is 5.26. The summed E-state index contributed by atoms with van der Waals surface area (Å²) in [6.45, 7) is 3.64. The summed E-state index contributed by atoms with van der Waals surface area (Å²) in [7, 11) is 1.19. The largest absolute Gasteiger partial charge is 0.494 e. The van der Waals surface area contributed by atoms with Gasteiger partial charge in [0.25, 0.3) is 0 Å². The summed E-state index contributed by atoms with van der Waals surface area (Å²) in [6, 6.07) is 5.63. The third-order valence-corrected chi connectivity index (χ3v) is 7.97. The molecule has 260 valence electrons. The van der Waals surface area contributed by atoms with E-state index in [9.17, 15) is 33.8 Å². The van der Waals surface area contributed by atoms with Gasteiger partial charge in [0.05, 0.1) is 26.3 Å². The molecule has 1 aromatic rings. The number of nitrogens with one attached hydrogen (secondary N) is 1. The van der Waals surface area contributed by atoms with Gasteiger partial charge < -0.3 is 25.0 Å². The third-order valence-electron chi connectivity index (χ3n) is 7.97. The van der Waals surface area contributed by atoms with Crippen molar-refractivity contribution in [2.24, 2.45) is 5.92 Å². The zero-order chi connectivity index (χ0) is 34.2. The lowest BCUT2D eigenvalue weighted by Gasteiger charge is -2.30. The Balaban J connectivity index is 2.81. The number of ether oxygens (including phenoxy) is 2. The molecule has 0 spiro atoms. The first-order valence-corrected chi connectivity index (χ1v) is 16.9. The van der Waals surface area contributed by atoms with Gasteiger partial charge >= 0.3 is 11.9 Å². The molecule has 0 saturated carbocycles. The molecule has 0 radical (unpaired) electrons. The van der Waals surface area contributed by atoms with E-state index in [4.69, 9.17) is 9.47 Å². The fourth-order valence-electron chi connectivity index (χ4n) is 5.26. The van der Waals surface area contributed by atoms with E-state index < -0.39 is 42.1 Å². The highest BCUT2D eigenvalue weighted by Crippen LogP contribution is 2.27. The van der Waals surface area contributed by atoms with Gasteiger partial charge in [-0.25, -0.2) is 9.59 Å². The van der Waals surface area contributed by atoms with Gasteiger partial charge in [0.2, 0.25) is 5.91 Å². The van der Waals surface area contributed by atoms with Crippen molar-refractivity contribution in [3.63, 3.8) is 0 Å². The van der Waals surface area contributed by atoms with E-state index in [2.05, 4.69) is 12.2 Å². The number of hydrogen-bond donors (Lipinski definition) is 3. The molecule has 1 amide bonds. The number of unbranched alkanes of at least 4 members (excludes halogenated alkanes) is 8. The number of aliphatic carboxylic acids is 1. The van der Waals surface area contributed by atoms with Crippen molar-refractivity contribution < 1.29 is 43.3 Å². The molecule has 3 atom stereocenters. The maximum Gasteiger partial charge on any atom is 0.336 e. The summed E-state index contributed by atoms with van der Waals surface area (Å²) in [4.78, 5) is 50.4. The lowest BCUT2D eigenvalue weighted by Crippen LogP contribution is -2.54. The SMILES string of the molecule is CCCCCCCC(=O)CCCCCCC=C[C@H](C(=O)N[C@@H](Cc1ccc(OCCCF)cc1)C(=O)OC)[C@@](O)(CCC)C(=O)O. The smallest absolute Gasteiger partial charge is 0.336 e. The number of Topliss-reactive ketones (excluding diaryl/α,β-unsaturated/α-hetero) is 1. The molecule has 1 aromatic carbocycles. The van der Waals surface area contributed by atoms with Crippen LogP contribution in [0.15, 0.2) is 36.4 Å². The number of carboxylic acid groups (broad SMARTS) is 1. The zero-order valence-corrected chi connectivity index (χ0v) is 28.1. The maximum atomic E-state index is 13.5. The number of rotatable bonds is 27. The number of allylic oxidation sites excluding steroid dienone is 1. The third kappa shape index (κ3) is 15.8. The van der Waals surface area contributed by atoms with Gasteiger partial charge in [-0.1, -0.05) is 83.1 Å². The van der Waals surface area contributed by atoms with Crippen LogP contribution in [-0.2, 0) is 30.3 Å². The first-order valence-electron chi connectivity index (χ1n) is 16.9. The number of carbonyl (C=O) groups is 4. The van der Waals surface area contributed by atoms with Gasteiger partial charge in [-0.15, -0.1) is 0 Å². The average Bonchev–Trinajstić information content (AvgIpc) is 3.04. The summed E-state index contributed by atoms with van der Waals surface area (Å²) in [5.41, 5.74) is -1.69. The van der Waals surface area contributed by atoms with Crippen molar-refractivity contribution in [1.29, 1.82) is 0 Å². The number of aliphatic hydroxyl groups is 1. The Labute approximate surface area is 274 Å². The van der Waals surface area contributed by atoms with Gasteiger partial charge in [-0.05, 0) is 49.8 Å². The number of alkyl halides is 1. The van der Waals surface area contributed by atoms with Gasteiger partial charge in [0, 0.05) is 25.7 Å². The minimum atomic E-state index is -2.37. The van der Waals surface area contributed by atoms with E-state index in [0.29, 0.717) is 42.8 Å². The number of amides is 1. The highest BCUT2D eigenvalue weighted by Gasteiger charge is 2.46. The molecule has 0 aliphatic heterocycles. The molecule has 0 fully saturated rings. The first-order chi connectivity index (χ1) is 22.1. The monoisotopic (exact) mass is 649 g/mol. The highest BCUT2D eigenvalue weighted by molar-refractivity contribution is 5.92. The van der Waals surface area contributed by atoms with Crippen molar-refractivity contribution in [2.75, 3.05) is 20.4 Å². The molecule has 0 aromatic heterocycles. The average molecular weight is 650 g/mol. The minimum absolute atomic E-state index is 0.0558. The van der Waals surface area contributed by atoms with Crippen molar-refractivity contribution in [1.82, 2.24) is 5.32 Å². The molecule has 0 aliphatic carbocycles. The lowest BCUT2D eigenvalue weighted by atomic mass is 9.82. The Kier molecular flexibility index (Phi) is 21.2. The number of ketones is 1. The molecule has 10 heteroatoms. The van der Waals surface area contributed by atoms with Crippen LogP contribution in [0.2, 0.25) is 0 Å². The summed E-state index contributed by atoms with van der Waals surface area (Å²) < 4.78 is 22.7. The van der Waals surface area contributed by atoms with Crippen LogP contribution in [0.25, 0.3) is 0 Å². The van der Waals surface area contributed by atoms with Crippen LogP contribution in [0.1, 0.15) is 116 Å². The number of halogens is 1. The highest BCUT2D eigenvalue weighted by atomic mass is 19.1. The second-order valence-corrected chi connectivity index (χ2v) is 11.9. The topological polar surface area (TPSA) is 139 Å². The molecule has 3 N–H and O–H groups in total. The normalized spacial score (nSPS) is 13.9. The van der Waals surface area contributed by atoms with E-state index >= 15 is 0 Å². The van der Waals surface area contributed by atoms with Crippen molar-refractivity contribution in [3.05, 3.63) is 42.0 Å². The lowest BCUT2D eigenvalue weighted by molar-refractivity contribution is -0.167. The summed E-state index contributed by atoms with van der Waals surface area (Å²) in [6.07, 6.45) is 14.5. The number of benzene rings is 1. The van der Waals surface area contributed by atoms with Crippen LogP contribution in [0.4, 0.5) is 4.39 Å². The van der Waals surface area contributed by atoms with Crippen LogP contribution in [-0.4, -0.2) is 65.9 Å². The first kappa shape index (κ1) is 40.8. The van der Waals surface area contributed by atoms with Crippen molar-refractivity contribution in [2.45, 2.75) is 128 Å². The van der Waals surface area contributed by atoms with Gasteiger partial charge in [0.15, 0.2) is 5.60 Å². The number of carbonyl (C=O) groups excluding carboxylic acids is 3. The van der Waals surface area contributed by atoms with Gasteiger partial charge in [-0.3, -0.25) is 14.0 Å². The van der Waals surface area contributed by atoms with Crippen LogP contribution in [0.5, 0.6) is 5.75 Å². The molecule has 0 aliphatic rings. The molecule has 9 nitrogen and oxygen atoms in total. The molecule has 0 heterocycles. The fraction of sp³-hybridized carbons (Fsp3) is 0.667. The van der Waals surface area contributed by atoms with E-state index in [0.717, 1.165) is 38.5 Å². The Morgan fingerprint density at radius 3 is 2.11 bits per heavy atom. The van der Waals surface area contributed by atoms with E-state index in [1.807, 2.05) is 0 Å². The van der Waals surface area contributed by atoms with Crippen molar-refractivity contribution in [3.8, 4) is 5.75 Å². The van der Waals surface area contributed by atoms with E-state index in [-0.39, 0.29) is 25.9 Å². The molecular weight excluding hydrogens is 593 g/mol. The van der Waals surface area contributed by atoms with Crippen LogP contribution in [0, 0.1) is 5.92 Å². The van der Waals surface area contributed by atoms with Crippen LogP contribution in [0.3, 0.4) is 0 Å². The zero-order valence-electron chi connectivity index (χ0n) is 28.1. The van der Waals surface area contributed by atoms with Gasteiger partial charge in [0.1, 0.15) is 17.6 Å². The van der Waals surface area contributed by atoms with Gasteiger partial charge in [-0.2, -0.15) is 0 Å². The predicted molar refractivity (Wildman–Crippen MR) is 176 cm³/mol. The number of methoxy groups -OCH3 is 1. The minimum Gasteiger partial charge on any atom is -0.494 e. The number of esters is 1. The Morgan fingerprint density at radius 1 is 0.913 bits per heavy atom.